The molecule has 2 aromatic heterocycles. The highest BCUT2D eigenvalue weighted by Crippen LogP contribution is 2.29. The highest BCUT2D eigenvalue weighted by molar-refractivity contribution is 6.32. The molecule has 0 aliphatic heterocycles. The summed E-state index contributed by atoms with van der Waals surface area (Å²) in [6.07, 6.45) is 1.49. The number of ether oxygens (including phenoxy) is 1. The number of hydrogen-bond acceptors (Lipinski definition) is 6. The Morgan fingerprint density at radius 2 is 1.83 bits per heavy atom. The summed E-state index contributed by atoms with van der Waals surface area (Å²) >= 11 is 12.6. The van der Waals surface area contributed by atoms with Crippen LogP contribution in [0.5, 0.6) is 5.75 Å². The van der Waals surface area contributed by atoms with E-state index in [1.807, 2.05) is 37.3 Å². The third kappa shape index (κ3) is 5.76. The van der Waals surface area contributed by atoms with Crippen LogP contribution in [-0.4, -0.2) is 28.4 Å². The van der Waals surface area contributed by atoms with Crippen molar-refractivity contribution in [3.05, 3.63) is 123 Å². The van der Waals surface area contributed by atoms with Crippen LogP contribution in [-0.2, 0) is 4.79 Å². The molecule has 6 rings (SSSR count). The molecule has 208 valence electrons. The van der Waals surface area contributed by atoms with Crippen molar-refractivity contribution < 1.29 is 13.9 Å². The molecule has 10 heteroatoms. The number of benzene rings is 4. The highest BCUT2D eigenvalue weighted by atomic mass is 35.5. The molecule has 0 atom stereocenters. The van der Waals surface area contributed by atoms with Crippen LogP contribution in [0.3, 0.4) is 0 Å². The predicted molar refractivity (Wildman–Crippen MR) is 166 cm³/mol. The first-order valence-corrected chi connectivity index (χ1v) is 13.6. The van der Waals surface area contributed by atoms with Gasteiger partial charge in [-0.2, -0.15) is 9.78 Å². The molecule has 0 unspecified atom stereocenters. The molecular weight excluding hydrogens is 575 g/mol. The fourth-order valence-electron chi connectivity index (χ4n) is 4.33. The molecule has 0 radical (unpaired) electrons. The van der Waals surface area contributed by atoms with Crippen molar-refractivity contribution in [2.45, 2.75) is 6.92 Å². The largest absolute Gasteiger partial charge is 0.482 e. The van der Waals surface area contributed by atoms with E-state index in [1.165, 1.54) is 10.9 Å². The Kier molecular flexibility index (Phi) is 7.48. The van der Waals surface area contributed by atoms with Gasteiger partial charge in [-0.05, 0) is 79.2 Å². The SMILES string of the molecule is Cc1ccc(NC(=O)COc2ccc(C=Nn3c(-c4cc5cc(Cl)ccc5o4)nc4ccccc4c3=O)cc2Cl)cc1. The van der Waals surface area contributed by atoms with Crippen molar-refractivity contribution in [3.63, 3.8) is 0 Å². The second kappa shape index (κ2) is 11.5. The minimum absolute atomic E-state index is 0.217. The average molecular weight is 597 g/mol. The van der Waals surface area contributed by atoms with Crippen LogP contribution in [0.25, 0.3) is 33.5 Å². The molecular formula is C32H22Cl2N4O4. The van der Waals surface area contributed by atoms with Gasteiger partial charge in [-0.1, -0.05) is 53.0 Å². The molecule has 0 spiro atoms. The van der Waals surface area contributed by atoms with E-state index < -0.39 is 0 Å². The number of furan rings is 1. The molecule has 0 bridgehead atoms. The maximum absolute atomic E-state index is 13.5. The van der Waals surface area contributed by atoms with E-state index in [9.17, 15) is 9.59 Å². The minimum atomic E-state index is -0.365. The van der Waals surface area contributed by atoms with E-state index in [-0.39, 0.29) is 28.9 Å². The number of hydrogen-bond donors (Lipinski definition) is 1. The number of halogens is 2. The zero-order chi connectivity index (χ0) is 29.2. The summed E-state index contributed by atoms with van der Waals surface area (Å²) in [5, 5.41) is 9.25. The normalized spacial score (nSPS) is 11.4. The number of rotatable bonds is 7. The lowest BCUT2D eigenvalue weighted by Gasteiger charge is -2.10. The van der Waals surface area contributed by atoms with Gasteiger partial charge < -0.3 is 14.5 Å². The minimum Gasteiger partial charge on any atom is -0.482 e. The summed E-state index contributed by atoms with van der Waals surface area (Å²) in [5.41, 5.74) is 3.11. The molecule has 8 nitrogen and oxygen atoms in total. The van der Waals surface area contributed by atoms with E-state index in [0.29, 0.717) is 44.3 Å². The zero-order valence-electron chi connectivity index (χ0n) is 22.2. The van der Waals surface area contributed by atoms with Gasteiger partial charge in [-0.15, -0.1) is 0 Å². The number of aryl methyl sites for hydroxylation is 1. The van der Waals surface area contributed by atoms with Crippen molar-refractivity contribution >= 4 is 62.9 Å². The summed E-state index contributed by atoms with van der Waals surface area (Å²) in [7, 11) is 0. The van der Waals surface area contributed by atoms with Crippen LogP contribution >= 0.6 is 23.2 Å². The van der Waals surface area contributed by atoms with E-state index >= 15 is 0 Å². The number of carbonyl (C=O) groups is 1. The van der Waals surface area contributed by atoms with E-state index in [4.69, 9.17) is 32.4 Å². The number of nitrogens with zero attached hydrogens (tertiary/aromatic N) is 3. The molecule has 4 aromatic carbocycles. The number of aromatic nitrogens is 2. The first-order valence-electron chi connectivity index (χ1n) is 12.9. The zero-order valence-corrected chi connectivity index (χ0v) is 23.7. The average Bonchev–Trinajstić information content (AvgIpc) is 3.40. The van der Waals surface area contributed by atoms with Crippen molar-refractivity contribution in [1.82, 2.24) is 9.66 Å². The Bertz CT molecular complexity index is 2050. The van der Waals surface area contributed by atoms with Gasteiger partial charge in [0.1, 0.15) is 11.3 Å². The quantitative estimate of drug-likeness (QED) is 0.195. The summed E-state index contributed by atoms with van der Waals surface area (Å²) in [6.45, 7) is 1.75. The monoisotopic (exact) mass is 596 g/mol. The summed E-state index contributed by atoms with van der Waals surface area (Å²) in [4.78, 5) is 30.5. The molecule has 1 amide bonds. The van der Waals surface area contributed by atoms with Crippen molar-refractivity contribution in [1.29, 1.82) is 0 Å². The van der Waals surface area contributed by atoms with Gasteiger partial charge in [-0.25, -0.2) is 4.98 Å². The Morgan fingerprint density at radius 1 is 1.02 bits per heavy atom. The number of anilines is 1. The molecule has 0 saturated carbocycles. The van der Waals surface area contributed by atoms with E-state index in [2.05, 4.69) is 15.4 Å². The van der Waals surface area contributed by atoms with Gasteiger partial charge in [-0.3, -0.25) is 9.59 Å². The number of fused-ring (bicyclic) bond motifs is 2. The number of nitrogens with one attached hydrogen (secondary N) is 1. The van der Waals surface area contributed by atoms with Gasteiger partial charge in [0.2, 0.25) is 5.82 Å². The molecule has 0 aliphatic rings. The summed E-state index contributed by atoms with van der Waals surface area (Å²) in [6, 6.07) is 26.5. The predicted octanol–water partition coefficient (Wildman–Crippen LogP) is 7.32. The first-order chi connectivity index (χ1) is 20.3. The topological polar surface area (TPSA) is 98.7 Å². The fraction of sp³-hybridized carbons (Fsp3) is 0.0625. The van der Waals surface area contributed by atoms with Crippen molar-refractivity contribution in [2.24, 2.45) is 5.10 Å². The van der Waals surface area contributed by atoms with Crippen LogP contribution in [0.2, 0.25) is 10.0 Å². The highest BCUT2D eigenvalue weighted by Gasteiger charge is 2.17. The molecule has 6 aromatic rings. The molecule has 42 heavy (non-hydrogen) atoms. The van der Waals surface area contributed by atoms with Crippen LogP contribution in [0.4, 0.5) is 5.69 Å². The Balaban J connectivity index is 1.26. The maximum atomic E-state index is 13.5. The summed E-state index contributed by atoms with van der Waals surface area (Å²) in [5.74, 6) is 0.606. The smallest absolute Gasteiger partial charge is 0.282 e. The third-order valence-corrected chi connectivity index (χ3v) is 6.96. The van der Waals surface area contributed by atoms with Gasteiger partial charge >= 0.3 is 0 Å². The molecule has 1 N–H and O–H groups in total. The lowest BCUT2D eigenvalue weighted by molar-refractivity contribution is -0.118. The second-order valence-electron chi connectivity index (χ2n) is 9.50. The molecule has 0 aliphatic carbocycles. The third-order valence-electron chi connectivity index (χ3n) is 6.42. The second-order valence-corrected chi connectivity index (χ2v) is 10.3. The van der Waals surface area contributed by atoms with E-state index in [1.54, 1.807) is 60.7 Å². The first kappa shape index (κ1) is 27.3. The Morgan fingerprint density at radius 3 is 2.64 bits per heavy atom. The maximum Gasteiger partial charge on any atom is 0.282 e. The van der Waals surface area contributed by atoms with E-state index in [0.717, 1.165) is 10.9 Å². The van der Waals surface area contributed by atoms with Crippen LogP contribution < -0.4 is 15.6 Å². The standard InChI is InChI=1S/C32H22Cl2N4O4/c1-19-6-10-23(11-7-19)36-30(39)18-41-28-12-8-20(14-25(28)34)17-35-38-31(37-26-5-3-2-4-24(26)32(38)40)29-16-21-15-22(33)9-13-27(21)42-29/h2-17H,18H2,1H3,(H,36,39). The molecule has 2 heterocycles. The lowest BCUT2D eigenvalue weighted by atomic mass is 10.2. The van der Waals surface area contributed by atoms with Crippen LogP contribution in [0.15, 0.2) is 105 Å². The van der Waals surface area contributed by atoms with Gasteiger partial charge in [0.05, 0.1) is 22.1 Å². The fourth-order valence-corrected chi connectivity index (χ4v) is 4.75. The van der Waals surface area contributed by atoms with Gasteiger partial charge in [0.25, 0.3) is 11.5 Å². The lowest BCUT2D eigenvalue weighted by Crippen LogP contribution is -2.20. The summed E-state index contributed by atoms with van der Waals surface area (Å²) < 4.78 is 12.8. The number of amides is 1. The van der Waals surface area contributed by atoms with Gasteiger partial charge in [0, 0.05) is 16.1 Å². The Labute approximate surface area is 249 Å². The van der Waals surface area contributed by atoms with Crippen LogP contribution in [0.1, 0.15) is 11.1 Å². The van der Waals surface area contributed by atoms with Crippen molar-refractivity contribution in [3.8, 4) is 17.3 Å². The Hall–Kier alpha value is -4.92. The number of carbonyl (C=O) groups excluding carboxylic acids is 1. The number of para-hydroxylation sites is 1. The van der Waals surface area contributed by atoms with Gasteiger partial charge in [0.15, 0.2) is 12.4 Å². The molecule has 0 fully saturated rings. The van der Waals surface area contributed by atoms with Crippen LogP contribution in [0, 0.1) is 6.92 Å². The van der Waals surface area contributed by atoms with Crippen molar-refractivity contribution in [2.75, 3.05) is 11.9 Å². The molecule has 0 saturated heterocycles.